The molecule has 1 unspecified atom stereocenters. The lowest BCUT2D eigenvalue weighted by Crippen LogP contribution is -2.49. The summed E-state index contributed by atoms with van der Waals surface area (Å²) < 4.78 is 75.4. The van der Waals surface area contributed by atoms with Crippen LogP contribution in [0.5, 0.6) is 5.75 Å². The molecule has 0 radical (unpaired) electrons. The first-order chi connectivity index (χ1) is 18.1. The molecular formula is C27H28F4N2O5. The lowest BCUT2D eigenvalue weighted by atomic mass is 9.83. The first-order valence-corrected chi connectivity index (χ1v) is 12.2. The summed E-state index contributed by atoms with van der Waals surface area (Å²) >= 11 is 0. The first kappa shape index (κ1) is 27.7. The quantitative estimate of drug-likeness (QED) is 0.445. The van der Waals surface area contributed by atoms with Crippen LogP contribution in [0.15, 0.2) is 42.5 Å². The number of hydrogen-bond donors (Lipinski definition) is 0. The molecule has 2 aliphatic heterocycles. The molecule has 7 nitrogen and oxygen atoms in total. The highest BCUT2D eigenvalue weighted by atomic mass is 19.4. The molecule has 0 N–H and O–H groups in total. The number of ether oxygens (including phenoxy) is 4. The fraction of sp³-hybridized carbons (Fsp3) is 0.481. The van der Waals surface area contributed by atoms with Gasteiger partial charge in [0.05, 0.1) is 38.1 Å². The van der Waals surface area contributed by atoms with Crippen molar-refractivity contribution in [3.8, 4) is 11.8 Å². The van der Waals surface area contributed by atoms with Gasteiger partial charge in [-0.3, -0.25) is 0 Å². The van der Waals surface area contributed by atoms with Crippen molar-refractivity contribution in [3.63, 3.8) is 0 Å². The lowest BCUT2D eigenvalue weighted by Gasteiger charge is -2.38. The second kappa shape index (κ2) is 11.6. The van der Waals surface area contributed by atoms with Crippen LogP contribution in [-0.2, 0) is 20.8 Å². The highest BCUT2D eigenvalue weighted by molar-refractivity contribution is 5.68. The molecule has 1 amide bonds. The van der Waals surface area contributed by atoms with E-state index in [-0.39, 0.29) is 31.2 Å². The Morgan fingerprint density at radius 2 is 1.92 bits per heavy atom. The number of benzene rings is 2. The molecule has 2 fully saturated rings. The van der Waals surface area contributed by atoms with E-state index in [0.29, 0.717) is 37.2 Å². The molecule has 2 atom stereocenters. The normalized spacial score (nSPS) is 19.7. The van der Waals surface area contributed by atoms with Crippen LogP contribution in [0.2, 0.25) is 0 Å². The van der Waals surface area contributed by atoms with Gasteiger partial charge in [-0.05, 0) is 54.7 Å². The van der Waals surface area contributed by atoms with Gasteiger partial charge < -0.3 is 23.8 Å². The molecule has 2 aromatic carbocycles. The summed E-state index contributed by atoms with van der Waals surface area (Å²) in [6.45, 7) is -0.178. The van der Waals surface area contributed by atoms with Crippen LogP contribution in [0, 0.1) is 17.1 Å². The van der Waals surface area contributed by atoms with E-state index in [1.54, 1.807) is 30.3 Å². The van der Waals surface area contributed by atoms with E-state index in [4.69, 9.17) is 24.2 Å². The van der Waals surface area contributed by atoms with E-state index >= 15 is 0 Å². The van der Waals surface area contributed by atoms with Crippen molar-refractivity contribution < 1.29 is 41.3 Å². The standard InChI is InChI=1S/C27H28F4N2O5/c1-35-22-5-2-18(3-6-22)15-36-17-24(27(29,30)31)38-25(34)33-10-8-26(9-11-33)13-21(16-37-26)19-4-7-23(28)20(12-19)14-32/h2-7,12,21,24H,8-11,13,15-17H2,1H3/t21?,24-/m1/s1. The Kier molecular flexibility index (Phi) is 8.43. The fourth-order valence-electron chi connectivity index (χ4n) is 4.78. The van der Waals surface area contributed by atoms with Crippen LogP contribution in [0.3, 0.4) is 0 Å². The molecule has 0 aliphatic carbocycles. The monoisotopic (exact) mass is 536 g/mol. The Balaban J connectivity index is 1.28. The summed E-state index contributed by atoms with van der Waals surface area (Å²) in [6.07, 6.45) is -6.78. The average molecular weight is 537 g/mol. The van der Waals surface area contributed by atoms with Gasteiger partial charge in [0.2, 0.25) is 6.10 Å². The van der Waals surface area contributed by atoms with E-state index in [1.807, 2.05) is 6.07 Å². The average Bonchev–Trinajstić information content (AvgIpc) is 3.31. The highest BCUT2D eigenvalue weighted by Gasteiger charge is 2.47. The predicted octanol–water partition coefficient (Wildman–Crippen LogP) is 5.33. The Morgan fingerprint density at radius 1 is 1.21 bits per heavy atom. The minimum absolute atomic E-state index is 0.0341. The summed E-state index contributed by atoms with van der Waals surface area (Å²) in [7, 11) is 1.51. The number of nitrogens with zero attached hydrogens (tertiary/aromatic N) is 2. The van der Waals surface area contributed by atoms with Crippen LogP contribution in [0.4, 0.5) is 22.4 Å². The van der Waals surface area contributed by atoms with Gasteiger partial charge in [-0.2, -0.15) is 18.4 Å². The topological polar surface area (TPSA) is 81.0 Å². The molecule has 1 spiro atoms. The van der Waals surface area contributed by atoms with Gasteiger partial charge in [0.25, 0.3) is 0 Å². The minimum Gasteiger partial charge on any atom is -0.497 e. The van der Waals surface area contributed by atoms with E-state index in [9.17, 15) is 22.4 Å². The fourth-order valence-corrected chi connectivity index (χ4v) is 4.78. The summed E-state index contributed by atoms with van der Waals surface area (Å²) in [5.41, 5.74) is 0.879. The van der Waals surface area contributed by atoms with Gasteiger partial charge in [-0.1, -0.05) is 18.2 Å². The highest BCUT2D eigenvalue weighted by Crippen LogP contribution is 2.43. The number of alkyl halides is 3. The third-order valence-electron chi connectivity index (χ3n) is 7.03. The second-order valence-electron chi connectivity index (χ2n) is 9.51. The molecule has 0 bridgehead atoms. The van der Waals surface area contributed by atoms with Gasteiger partial charge in [0, 0.05) is 19.0 Å². The van der Waals surface area contributed by atoms with Crippen LogP contribution in [-0.4, -0.2) is 62.3 Å². The van der Waals surface area contributed by atoms with Crippen LogP contribution >= 0.6 is 0 Å². The van der Waals surface area contributed by atoms with Crippen LogP contribution < -0.4 is 4.74 Å². The Morgan fingerprint density at radius 3 is 2.55 bits per heavy atom. The smallest absolute Gasteiger partial charge is 0.427 e. The van der Waals surface area contributed by atoms with Crippen molar-refractivity contribution in [2.24, 2.45) is 0 Å². The molecule has 38 heavy (non-hydrogen) atoms. The second-order valence-corrected chi connectivity index (χ2v) is 9.51. The van der Waals surface area contributed by atoms with Crippen molar-refractivity contribution in [1.29, 1.82) is 5.26 Å². The predicted molar refractivity (Wildman–Crippen MR) is 127 cm³/mol. The zero-order chi connectivity index (χ0) is 27.3. The summed E-state index contributed by atoms with van der Waals surface area (Å²) in [4.78, 5) is 13.8. The van der Waals surface area contributed by atoms with E-state index < -0.39 is 36.4 Å². The summed E-state index contributed by atoms with van der Waals surface area (Å²) in [5.74, 6) is -0.0140. The zero-order valence-electron chi connectivity index (χ0n) is 20.8. The third kappa shape index (κ3) is 6.55. The molecule has 2 saturated heterocycles. The molecule has 2 aromatic rings. The maximum atomic E-state index is 13.7. The number of carbonyl (C=O) groups is 1. The van der Waals surface area contributed by atoms with Gasteiger partial charge in [-0.25, -0.2) is 9.18 Å². The molecular weight excluding hydrogens is 508 g/mol. The van der Waals surface area contributed by atoms with E-state index in [2.05, 4.69) is 0 Å². The Labute approximate surface area is 217 Å². The number of rotatable bonds is 7. The third-order valence-corrected chi connectivity index (χ3v) is 7.03. The van der Waals surface area contributed by atoms with Crippen molar-refractivity contribution >= 4 is 6.09 Å². The molecule has 4 rings (SSSR count). The molecule has 0 aromatic heterocycles. The number of carbonyl (C=O) groups excluding carboxylic acids is 1. The minimum atomic E-state index is -4.79. The van der Waals surface area contributed by atoms with Gasteiger partial charge >= 0.3 is 12.3 Å². The maximum absolute atomic E-state index is 13.7. The molecule has 2 aliphatic rings. The van der Waals surface area contributed by atoms with Crippen molar-refractivity contribution in [1.82, 2.24) is 4.90 Å². The van der Waals surface area contributed by atoms with Gasteiger partial charge in [0.1, 0.15) is 17.6 Å². The zero-order valence-corrected chi connectivity index (χ0v) is 20.8. The molecule has 0 saturated carbocycles. The Hall–Kier alpha value is -3.36. The first-order valence-electron chi connectivity index (χ1n) is 12.2. The SMILES string of the molecule is COc1ccc(COC[C@@H](OC(=O)N2CCC3(CC2)CC(c2ccc(F)c(C#N)c2)CO3)C(F)(F)F)cc1. The number of hydrogen-bond acceptors (Lipinski definition) is 6. The molecule has 11 heteroatoms. The van der Waals surface area contributed by atoms with Crippen LogP contribution in [0.25, 0.3) is 0 Å². The maximum Gasteiger partial charge on any atom is 0.427 e. The molecule has 204 valence electrons. The number of halogens is 4. The van der Waals surface area contributed by atoms with Crippen molar-refractivity contribution in [3.05, 3.63) is 65.0 Å². The lowest BCUT2D eigenvalue weighted by molar-refractivity contribution is -0.220. The molecule has 2 heterocycles. The number of amides is 1. The number of methoxy groups -OCH3 is 1. The summed E-state index contributed by atoms with van der Waals surface area (Å²) in [6, 6.07) is 12.9. The summed E-state index contributed by atoms with van der Waals surface area (Å²) in [5, 5.41) is 9.09. The van der Waals surface area contributed by atoms with Gasteiger partial charge in [-0.15, -0.1) is 0 Å². The van der Waals surface area contributed by atoms with E-state index in [1.165, 1.54) is 24.1 Å². The van der Waals surface area contributed by atoms with E-state index in [0.717, 1.165) is 5.56 Å². The Bertz CT molecular complexity index is 1160. The van der Waals surface area contributed by atoms with Crippen LogP contribution in [0.1, 0.15) is 41.9 Å². The number of nitriles is 1. The number of likely N-dealkylation sites (tertiary alicyclic amines) is 1. The van der Waals surface area contributed by atoms with Gasteiger partial charge in [0.15, 0.2) is 0 Å². The largest absolute Gasteiger partial charge is 0.497 e. The van der Waals surface area contributed by atoms with Crippen molar-refractivity contribution in [2.45, 2.75) is 49.7 Å². The number of piperidine rings is 1. The van der Waals surface area contributed by atoms with Crippen molar-refractivity contribution in [2.75, 3.05) is 33.4 Å².